The van der Waals surface area contributed by atoms with E-state index in [-0.39, 0.29) is 6.42 Å². The highest BCUT2D eigenvalue weighted by atomic mass is 19.2. The normalized spacial score (nSPS) is 12.9. The Morgan fingerprint density at radius 3 is 2.36 bits per heavy atom. The number of alkyl halides is 2. The summed E-state index contributed by atoms with van der Waals surface area (Å²) in [7, 11) is 0. The Kier molecular flexibility index (Phi) is 3.02. The van der Waals surface area contributed by atoms with E-state index in [0.717, 1.165) is 5.56 Å². The monoisotopic (exact) mass is 156 g/mol. The molecule has 1 aromatic rings. The summed E-state index contributed by atoms with van der Waals surface area (Å²) < 4.78 is 24.1. The van der Waals surface area contributed by atoms with Crippen LogP contribution in [0.1, 0.15) is 5.56 Å². The van der Waals surface area contributed by atoms with Gasteiger partial charge in [-0.05, 0) is 5.56 Å². The molecule has 0 fully saturated rings. The van der Waals surface area contributed by atoms with Gasteiger partial charge in [-0.1, -0.05) is 30.3 Å². The van der Waals surface area contributed by atoms with Crippen LogP contribution in [0, 0.1) is 0 Å². The van der Waals surface area contributed by atoms with Gasteiger partial charge in [-0.3, -0.25) is 0 Å². The highest BCUT2D eigenvalue weighted by Gasteiger charge is 2.05. The van der Waals surface area contributed by atoms with Crippen molar-refractivity contribution >= 4 is 0 Å². The van der Waals surface area contributed by atoms with Crippen molar-refractivity contribution in [3.63, 3.8) is 0 Å². The summed E-state index contributed by atoms with van der Waals surface area (Å²) >= 11 is 0. The van der Waals surface area contributed by atoms with E-state index in [1.165, 1.54) is 0 Å². The van der Waals surface area contributed by atoms with Crippen LogP contribution in [0.4, 0.5) is 8.78 Å². The fourth-order valence-corrected chi connectivity index (χ4v) is 0.924. The molecule has 0 saturated heterocycles. The number of halogens is 2. The van der Waals surface area contributed by atoms with Crippen molar-refractivity contribution in [2.45, 2.75) is 12.6 Å². The van der Waals surface area contributed by atoms with E-state index < -0.39 is 12.8 Å². The van der Waals surface area contributed by atoms with Crippen LogP contribution in [0.15, 0.2) is 30.3 Å². The number of rotatable bonds is 3. The largest absolute Gasteiger partial charge is 0.248 e. The summed E-state index contributed by atoms with van der Waals surface area (Å²) in [5.74, 6) is 0. The Morgan fingerprint density at radius 2 is 1.82 bits per heavy atom. The highest BCUT2D eigenvalue weighted by molar-refractivity contribution is 5.15. The maximum absolute atomic E-state index is 12.4. The molecule has 0 bridgehead atoms. The van der Waals surface area contributed by atoms with Crippen LogP contribution in [0.5, 0.6) is 0 Å². The van der Waals surface area contributed by atoms with Gasteiger partial charge >= 0.3 is 0 Å². The van der Waals surface area contributed by atoms with Gasteiger partial charge in [0.15, 0.2) is 0 Å². The molecule has 0 aliphatic carbocycles. The van der Waals surface area contributed by atoms with E-state index in [4.69, 9.17) is 0 Å². The van der Waals surface area contributed by atoms with Crippen molar-refractivity contribution in [2.75, 3.05) is 6.67 Å². The number of hydrogen-bond donors (Lipinski definition) is 0. The lowest BCUT2D eigenvalue weighted by atomic mass is 10.1. The smallest absolute Gasteiger partial charge is 0.132 e. The summed E-state index contributed by atoms with van der Waals surface area (Å²) in [5.41, 5.74) is 0.845. The van der Waals surface area contributed by atoms with Crippen molar-refractivity contribution in [2.24, 2.45) is 0 Å². The Balaban J connectivity index is 2.51. The van der Waals surface area contributed by atoms with Crippen LogP contribution in [-0.4, -0.2) is 12.8 Å². The summed E-state index contributed by atoms with van der Waals surface area (Å²) in [6.45, 7) is -0.894. The molecule has 1 aromatic carbocycles. The molecule has 1 rings (SSSR count). The van der Waals surface area contributed by atoms with Crippen LogP contribution in [0.3, 0.4) is 0 Å². The average molecular weight is 156 g/mol. The van der Waals surface area contributed by atoms with Crippen LogP contribution in [0.25, 0.3) is 0 Å². The molecule has 2 heteroatoms. The van der Waals surface area contributed by atoms with Crippen molar-refractivity contribution in [1.82, 2.24) is 0 Å². The topological polar surface area (TPSA) is 0 Å². The predicted molar refractivity (Wildman–Crippen MR) is 41.0 cm³/mol. The third-order valence-electron chi connectivity index (χ3n) is 1.47. The second-order valence-corrected chi connectivity index (χ2v) is 2.44. The van der Waals surface area contributed by atoms with E-state index >= 15 is 0 Å². The molecule has 1 atom stereocenters. The molecule has 0 heterocycles. The minimum Gasteiger partial charge on any atom is -0.248 e. The molecule has 0 radical (unpaired) electrons. The first-order valence-corrected chi connectivity index (χ1v) is 3.57. The molecule has 0 aliphatic rings. The molecule has 60 valence electrons. The first-order chi connectivity index (χ1) is 5.33. The van der Waals surface area contributed by atoms with E-state index in [9.17, 15) is 8.78 Å². The molecule has 0 unspecified atom stereocenters. The van der Waals surface area contributed by atoms with Crippen LogP contribution in [0.2, 0.25) is 0 Å². The van der Waals surface area contributed by atoms with Crippen molar-refractivity contribution in [3.8, 4) is 0 Å². The zero-order chi connectivity index (χ0) is 8.10. The quantitative estimate of drug-likeness (QED) is 0.630. The van der Waals surface area contributed by atoms with E-state index in [0.29, 0.717) is 0 Å². The molecule has 0 amide bonds. The maximum atomic E-state index is 12.4. The molecule has 11 heavy (non-hydrogen) atoms. The minimum absolute atomic E-state index is 0.178. The standard InChI is InChI=1S/C9H10F2/c10-7-9(11)6-8-4-2-1-3-5-8/h1-5,9H,6-7H2/t9-/m1/s1. The molecule has 0 aliphatic heterocycles. The fraction of sp³-hybridized carbons (Fsp3) is 0.333. The summed E-state index contributed by atoms with van der Waals surface area (Å²) in [6.07, 6.45) is -1.17. The van der Waals surface area contributed by atoms with E-state index in [1.807, 2.05) is 18.2 Å². The summed E-state index contributed by atoms with van der Waals surface area (Å²) in [6, 6.07) is 9.08. The number of benzene rings is 1. The summed E-state index contributed by atoms with van der Waals surface area (Å²) in [5, 5.41) is 0. The van der Waals surface area contributed by atoms with E-state index in [2.05, 4.69) is 0 Å². The van der Waals surface area contributed by atoms with Gasteiger partial charge in [0.05, 0.1) is 0 Å². The van der Waals surface area contributed by atoms with Crippen molar-refractivity contribution < 1.29 is 8.78 Å². The first-order valence-electron chi connectivity index (χ1n) is 3.57. The third kappa shape index (κ3) is 2.66. The van der Waals surface area contributed by atoms with Crippen LogP contribution in [-0.2, 0) is 6.42 Å². The lowest BCUT2D eigenvalue weighted by Gasteiger charge is -2.01. The Morgan fingerprint density at radius 1 is 1.18 bits per heavy atom. The Bertz CT molecular complexity index is 196. The number of hydrogen-bond acceptors (Lipinski definition) is 0. The molecule has 0 aromatic heterocycles. The van der Waals surface area contributed by atoms with Crippen LogP contribution < -0.4 is 0 Å². The van der Waals surface area contributed by atoms with Gasteiger partial charge in [-0.15, -0.1) is 0 Å². The molecule has 0 spiro atoms. The lowest BCUT2D eigenvalue weighted by molar-refractivity contribution is 0.260. The first kappa shape index (κ1) is 8.18. The molecular weight excluding hydrogens is 146 g/mol. The van der Waals surface area contributed by atoms with Gasteiger partial charge in [-0.2, -0.15) is 0 Å². The predicted octanol–water partition coefficient (Wildman–Crippen LogP) is 2.54. The van der Waals surface area contributed by atoms with Gasteiger partial charge in [-0.25, -0.2) is 8.78 Å². The van der Waals surface area contributed by atoms with Gasteiger partial charge in [0.1, 0.15) is 12.8 Å². The molecular formula is C9H10F2. The third-order valence-corrected chi connectivity index (χ3v) is 1.47. The van der Waals surface area contributed by atoms with Gasteiger partial charge in [0.25, 0.3) is 0 Å². The zero-order valence-corrected chi connectivity index (χ0v) is 6.13. The molecule has 0 saturated carbocycles. The second-order valence-electron chi connectivity index (χ2n) is 2.44. The van der Waals surface area contributed by atoms with Gasteiger partial charge in [0, 0.05) is 6.42 Å². The zero-order valence-electron chi connectivity index (χ0n) is 6.13. The summed E-state index contributed by atoms with van der Waals surface area (Å²) in [4.78, 5) is 0. The molecule has 0 N–H and O–H groups in total. The van der Waals surface area contributed by atoms with Crippen LogP contribution >= 0.6 is 0 Å². The average Bonchev–Trinajstić information content (AvgIpc) is 2.06. The Labute approximate surface area is 64.9 Å². The lowest BCUT2D eigenvalue weighted by Crippen LogP contribution is -2.06. The minimum atomic E-state index is -1.35. The van der Waals surface area contributed by atoms with Crippen molar-refractivity contribution in [1.29, 1.82) is 0 Å². The highest BCUT2D eigenvalue weighted by Crippen LogP contribution is 2.05. The van der Waals surface area contributed by atoms with Gasteiger partial charge < -0.3 is 0 Å². The van der Waals surface area contributed by atoms with E-state index in [1.54, 1.807) is 12.1 Å². The maximum Gasteiger partial charge on any atom is 0.132 e. The SMILES string of the molecule is FC[C@H](F)Cc1ccccc1. The fourth-order valence-electron chi connectivity index (χ4n) is 0.924. The Hall–Kier alpha value is -0.920. The van der Waals surface area contributed by atoms with Crippen molar-refractivity contribution in [3.05, 3.63) is 35.9 Å². The van der Waals surface area contributed by atoms with Gasteiger partial charge in [0.2, 0.25) is 0 Å². The molecule has 0 nitrogen and oxygen atoms in total. The second kappa shape index (κ2) is 4.06.